The lowest BCUT2D eigenvalue weighted by Gasteiger charge is -2.39. The Morgan fingerprint density at radius 3 is 2.47 bits per heavy atom. The van der Waals surface area contributed by atoms with E-state index >= 15 is 0 Å². The van der Waals surface area contributed by atoms with Crippen LogP contribution in [0.2, 0.25) is 0 Å². The van der Waals surface area contributed by atoms with Crippen LogP contribution in [0.1, 0.15) is 55.2 Å². The van der Waals surface area contributed by atoms with Crippen molar-refractivity contribution >= 4 is 34.6 Å². The number of halogens is 1. The van der Waals surface area contributed by atoms with Crippen molar-refractivity contribution in [3.8, 4) is 0 Å². The summed E-state index contributed by atoms with van der Waals surface area (Å²) in [5.41, 5.74) is 3.44. The number of rotatable bonds is 5. The van der Waals surface area contributed by atoms with Crippen LogP contribution in [0.15, 0.2) is 54.1 Å². The monoisotopic (exact) mass is 513 g/mol. The lowest BCUT2D eigenvalue weighted by atomic mass is 9.76. The number of hydrogen-bond acceptors (Lipinski definition) is 3. The van der Waals surface area contributed by atoms with Crippen LogP contribution in [0.3, 0.4) is 0 Å². The van der Waals surface area contributed by atoms with Gasteiger partial charge in [-0.1, -0.05) is 45.0 Å². The highest BCUT2D eigenvalue weighted by molar-refractivity contribution is 6.02. The molecule has 2 aliphatic heterocycles. The van der Waals surface area contributed by atoms with Crippen molar-refractivity contribution in [1.82, 2.24) is 14.8 Å². The number of aromatic amines is 1. The summed E-state index contributed by atoms with van der Waals surface area (Å²) < 4.78 is 13.6. The van der Waals surface area contributed by atoms with Gasteiger partial charge < -0.3 is 14.8 Å². The van der Waals surface area contributed by atoms with E-state index in [2.05, 4.69) is 4.98 Å². The lowest BCUT2D eigenvalue weighted by Crippen LogP contribution is -2.53. The molecule has 6 nitrogen and oxygen atoms in total. The summed E-state index contributed by atoms with van der Waals surface area (Å²) in [5.74, 6) is -0.877. The van der Waals surface area contributed by atoms with Crippen molar-refractivity contribution in [2.45, 2.75) is 52.1 Å². The fourth-order valence-electron chi connectivity index (χ4n) is 6.30. The van der Waals surface area contributed by atoms with Crippen molar-refractivity contribution < 1.29 is 18.8 Å². The summed E-state index contributed by atoms with van der Waals surface area (Å²) in [5, 5.41) is 0.974. The molecule has 3 atom stereocenters. The average molecular weight is 514 g/mol. The molecule has 38 heavy (non-hydrogen) atoms. The highest BCUT2D eigenvalue weighted by Crippen LogP contribution is 2.39. The number of hydrogen-bond donors (Lipinski definition) is 1. The molecule has 1 aromatic heterocycles. The van der Waals surface area contributed by atoms with Crippen molar-refractivity contribution in [2.24, 2.45) is 11.3 Å². The maximum Gasteiger partial charge on any atom is 0.250 e. The molecule has 3 aromatic rings. The standard InChI is InChI=1S/C31H32FN3O3/c1-31(2,3)25(15-28(36)27-13-19-6-4-5-7-26(19)33-27)30(38)35-17-23-14-24(35)16-34(23)29(37)21-10-18-8-9-22(32)12-20(18)11-21/h4-9,11-13,23-25,33H,10,14-17H2,1-3H3/t23-,24-,25+/m0/s1. The number of fused-ring (bicyclic) bond motifs is 4. The van der Waals surface area contributed by atoms with Gasteiger partial charge in [-0.15, -0.1) is 0 Å². The quantitative estimate of drug-likeness (QED) is 0.489. The maximum absolute atomic E-state index is 13.8. The van der Waals surface area contributed by atoms with Crippen LogP contribution in [0.25, 0.3) is 17.0 Å². The van der Waals surface area contributed by atoms with Crippen LogP contribution in [-0.2, 0) is 16.0 Å². The van der Waals surface area contributed by atoms with Gasteiger partial charge in [-0.05, 0) is 53.3 Å². The zero-order valence-electron chi connectivity index (χ0n) is 22.0. The summed E-state index contributed by atoms with van der Waals surface area (Å²) in [6, 6.07) is 14.2. The third kappa shape index (κ3) is 4.24. The first-order valence-electron chi connectivity index (χ1n) is 13.3. The lowest BCUT2D eigenvalue weighted by molar-refractivity contribution is -0.144. The molecule has 1 N–H and O–H groups in total. The van der Waals surface area contributed by atoms with Gasteiger partial charge in [0.2, 0.25) is 5.91 Å². The number of benzene rings is 2. The zero-order valence-corrected chi connectivity index (χ0v) is 22.0. The van der Waals surface area contributed by atoms with Gasteiger partial charge in [0.25, 0.3) is 5.91 Å². The number of aromatic nitrogens is 1. The number of para-hydroxylation sites is 1. The molecule has 6 rings (SSSR count). The number of amides is 2. The third-order valence-corrected chi connectivity index (χ3v) is 8.44. The van der Waals surface area contributed by atoms with Gasteiger partial charge in [0, 0.05) is 42.4 Å². The van der Waals surface area contributed by atoms with E-state index in [4.69, 9.17) is 0 Å². The van der Waals surface area contributed by atoms with E-state index in [1.165, 1.54) is 12.1 Å². The molecule has 0 saturated carbocycles. The Bertz CT molecular complexity index is 1460. The summed E-state index contributed by atoms with van der Waals surface area (Å²) in [6.45, 7) is 6.99. The van der Waals surface area contributed by atoms with E-state index < -0.39 is 11.3 Å². The fourth-order valence-corrected chi connectivity index (χ4v) is 6.30. The Hall–Kier alpha value is -3.74. The molecule has 3 heterocycles. The van der Waals surface area contributed by atoms with Crippen LogP contribution in [-0.4, -0.2) is 57.6 Å². The van der Waals surface area contributed by atoms with E-state index in [-0.39, 0.29) is 41.9 Å². The van der Waals surface area contributed by atoms with Crippen LogP contribution < -0.4 is 0 Å². The molecule has 2 aromatic carbocycles. The summed E-state index contributed by atoms with van der Waals surface area (Å²) in [6.07, 6.45) is 3.18. The van der Waals surface area contributed by atoms with Crippen LogP contribution in [0.5, 0.6) is 0 Å². The van der Waals surface area contributed by atoms with Gasteiger partial charge >= 0.3 is 0 Å². The molecule has 2 fully saturated rings. The number of nitrogens with one attached hydrogen (secondary N) is 1. The van der Waals surface area contributed by atoms with E-state index in [0.717, 1.165) is 28.5 Å². The number of ketones is 1. The van der Waals surface area contributed by atoms with E-state index in [9.17, 15) is 18.8 Å². The van der Waals surface area contributed by atoms with Gasteiger partial charge in [-0.2, -0.15) is 0 Å². The fraction of sp³-hybridized carbons (Fsp3) is 0.387. The molecular formula is C31H32FN3O3. The van der Waals surface area contributed by atoms with Crippen molar-refractivity contribution in [3.63, 3.8) is 0 Å². The zero-order chi connectivity index (χ0) is 26.8. The SMILES string of the molecule is CC(C)(C)[C@H](CC(=O)c1cc2ccccc2[nH]1)C(=O)N1C[C@@H]2C[C@H]1CN2C(=O)C1=Cc2cc(F)ccc2C1. The Morgan fingerprint density at radius 2 is 1.76 bits per heavy atom. The molecule has 2 amide bonds. The van der Waals surface area contributed by atoms with E-state index in [0.29, 0.717) is 30.8 Å². The first kappa shape index (κ1) is 24.6. The van der Waals surface area contributed by atoms with E-state index in [1.807, 2.05) is 60.9 Å². The first-order chi connectivity index (χ1) is 18.1. The normalized spacial score (nSPS) is 21.1. The number of H-pyrrole nitrogens is 1. The molecule has 0 spiro atoms. The molecule has 7 heteroatoms. The summed E-state index contributed by atoms with van der Waals surface area (Å²) in [4.78, 5) is 47.4. The molecule has 196 valence electrons. The Balaban J connectivity index is 1.14. The second-order valence-corrected chi connectivity index (χ2v) is 12.0. The van der Waals surface area contributed by atoms with Gasteiger partial charge in [-0.3, -0.25) is 14.4 Å². The Kier molecular flexibility index (Phi) is 5.78. The van der Waals surface area contributed by atoms with Crippen LogP contribution in [0, 0.1) is 17.2 Å². The predicted octanol–water partition coefficient (Wildman–Crippen LogP) is 4.99. The molecular weight excluding hydrogens is 481 g/mol. The highest BCUT2D eigenvalue weighted by Gasteiger charge is 2.50. The Labute approximate surface area is 221 Å². The molecule has 1 aliphatic carbocycles. The Morgan fingerprint density at radius 1 is 1.03 bits per heavy atom. The van der Waals surface area contributed by atoms with Crippen molar-refractivity contribution in [2.75, 3.05) is 13.1 Å². The molecule has 2 bridgehead atoms. The smallest absolute Gasteiger partial charge is 0.250 e. The summed E-state index contributed by atoms with van der Waals surface area (Å²) in [7, 11) is 0. The number of piperazine rings is 1. The van der Waals surface area contributed by atoms with Gasteiger partial charge in [0.1, 0.15) is 5.82 Å². The molecule has 0 radical (unpaired) electrons. The van der Waals surface area contributed by atoms with Crippen molar-refractivity contribution in [1.29, 1.82) is 0 Å². The highest BCUT2D eigenvalue weighted by atomic mass is 19.1. The topological polar surface area (TPSA) is 73.5 Å². The van der Waals surface area contributed by atoms with Gasteiger partial charge in [-0.25, -0.2) is 4.39 Å². The number of carbonyl (C=O) groups excluding carboxylic acids is 3. The second kappa shape index (κ2) is 8.93. The number of likely N-dealkylation sites (tertiary alicyclic amines) is 2. The largest absolute Gasteiger partial charge is 0.352 e. The average Bonchev–Trinajstić information content (AvgIpc) is 3.66. The first-order valence-corrected chi connectivity index (χ1v) is 13.3. The van der Waals surface area contributed by atoms with Gasteiger partial charge in [0.05, 0.1) is 23.7 Å². The summed E-state index contributed by atoms with van der Waals surface area (Å²) >= 11 is 0. The molecule has 0 unspecified atom stereocenters. The van der Waals surface area contributed by atoms with Crippen molar-refractivity contribution in [3.05, 3.63) is 76.7 Å². The minimum absolute atomic E-state index is 0.00970. The maximum atomic E-state index is 13.8. The molecule has 2 saturated heterocycles. The molecule has 3 aliphatic rings. The van der Waals surface area contributed by atoms with E-state index in [1.54, 1.807) is 12.1 Å². The number of Topliss-reactive ketones (excluding diaryl/α,β-unsaturated/α-hetero) is 1. The third-order valence-electron chi connectivity index (χ3n) is 8.44. The van der Waals surface area contributed by atoms with Crippen LogP contribution in [0.4, 0.5) is 4.39 Å². The van der Waals surface area contributed by atoms with Crippen LogP contribution >= 0.6 is 0 Å². The van der Waals surface area contributed by atoms with Gasteiger partial charge in [0.15, 0.2) is 5.78 Å². The second-order valence-electron chi connectivity index (χ2n) is 12.0. The predicted molar refractivity (Wildman–Crippen MR) is 144 cm³/mol. The minimum Gasteiger partial charge on any atom is -0.352 e. The number of carbonyl (C=O) groups is 3. The minimum atomic E-state index is -0.466. The number of nitrogens with zero attached hydrogens (tertiary/aromatic N) is 2.